The van der Waals surface area contributed by atoms with Gasteiger partial charge in [0.25, 0.3) is 5.91 Å². The molecule has 3 nitrogen and oxygen atoms in total. The summed E-state index contributed by atoms with van der Waals surface area (Å²) in [7, 11) is 0. The fourth-order valence-corrected chi connectivity index (χ4v) is 1.88. The smallest absolute Gasteiger partial charge is 0.264 e. The molecule has 0 N–H and O–H groups in total. The summed E-state index contributed by atoms with van der Waals surface area (Å²) in [5.74, 6) is 2.95. The maximum atomic E-state index is 12.2. The van der Waals surface area contributed by atoms with E-state index >= 15 is 0 Å². The van der Waals surface area contributed by atoms with Crippen molar-refractivity contribution in [3.63, 3.8) is 0 Å². The lowest BCUT2D eigenvalue weighted by Gasteiger charge is -2.23. The third-order valence-electron chi connectivity index (χ3n) is 2.54. The maximum absolute atomic E-state index is 12.2. The average Bonchev–Trinajstić information content (AvgIpc) is 2.37. The van der Waals surface area contributed by atoms with Gasteiger partial charge < -0.3 is 9.64 Å². The highest BCUT2D eigenvalue weighted by atomic mass is 35.5. The second-order valence-corrected chi connectivity index (χ2v) is 4.62. The van der Waals surface area contributed by atoms with Gasteiger partial charge in [-0.2, -0.15) is 0 Å². The van der Waals surface area contributed by atoms with E-state index in [1.807, 2.05) is 6.92 Å². The number of carbonyl (C=O) groups is 1. The number of rotatable bonds is 6. The van der Waals surface area contributed by atoms with Gasteiger partial charge in [-0.1, -0.05) is 30.5 Å². The lowest BCUT2D eigenvalue weighted by molar-refractivity contribution is -0.137. The monoisotopic (exact) mass is 279 g/mol. The number of terminal acetylenes is 1. The predicted octanol–water partition coefficient (Wildman–Crippen LogP) is 2.98. The van der Waals surface area contributed by atoms with E-state index in [1.165, 1.54) is 0 Å². The van der Waals surface area contributed by atoms with E-state index in [4.69, 9.17) is 22.8 Å². The minimum atomic E-state index is -0.585. The fourth-order valence-electron chi connectivity index (χ4n) is 1.70. The molecule has 0 spiro atoms. The maximum Gasteiger partial charge on any atom is 0.264 e. The van der Waals surface area contributed by atoms with E-state index in [1.54, 1.807) is 36.1 Å². The highest BCUT2D eigenvalue weighted by molar-refractivity contribution is 6.30. The molecule has 0 fully saturated rings. The van der Waals surface area contributed by atoms with Crippen LogP contribution in [0.15, 0.2) is 24.3 Å². The summed E-state index contributed by atoms with van der Waals surface area (Å²) in [6.07, 6.45) is 5.54. The molecular weight excluding hydrogens is 262 g/mol. The molecule has 1 aromatic carbocycles. The summed E-state index contributed by atoms with van der Waals surface area (Å²) < 4.78 is 5.59. The molecule has 0 radical (unpaired) electrons. The Balaban J connectivity index is 2.68. The largest absolute Gasteiger partial charge is 0.481 e. The van der Waals surface area contributed by atoms with Crippen LogP contribution < -0.4 is 4.74 Å². The first-order chi connectivity index (χ1) is 9.08. The molecule has 1 aromatic rings. The molecule has 1 unspecified atom stereocenters. The number of benzene rings is 1. The first-order valence-electron chi connectivity index (χ1n) is 6.23. The summed E-state index contributed by atoms with van der Waals surface area (Å²) in [5.41, 5.74) is 0. The summed E-state index contributed by atoms with van der Waals surface area (Å²) in [4.78, 5) is 13.8. The van der Waals surface area contributed by atoms with Crippen LogP contribution in [0.5, 0.6) is 5.75 Å². The van der Waals surface area contributed by atoms with Crippen molar-refractivity contribution in [3.05, 3.63) is 29.3 Å². The van der Waals surface area contributed by atoms with Crippen LogP contribution in [0.3, 0.4) is 0 Å². The molecule has 0 aromatic heterocycles. The molecular formula is C15H18ClNO2. The number of halogens is 1. The van der Waals surface area contributed by atoms with Crippen LogP contribution in [-0.4, -0.2) is 30.0 Å². The van der Waals surface area contributed by atoms with Crippen molar-refractivity contribution < 1.29 is 9.53 Å². The molecule has 0 saturated carbocycles. The molecule has 0 aliphatic carbocycles. The Morgan fingerprint density at radius 3 is 2.89 bits per heavy atom. The average molecular weight is 280 g/mol. The van der Waals surface area contributed by atoms with Crippen LogP contribution in [0, 0.1) is 12.3 Å². The topological polar surface area (TPSA) is 29.5 Å². The van der Waals surface area contributed by atoms with Gasteiger partial charge in [0.05, 0.1) is 6.54 Å². The lowest BCUT2D eigenvalue weighted by atomic mass is 10.3. The summed E-state index contributed by atoms with van der Waals surface area (Å²) in [6, 6.07) is 6.97. The van der Waals surface area contributed by atoms with Crippen molar-refractivity contribution in [3.8, 4) is 18.1 Å². The van der Waals surface area contributed by atoms with E-state index in [0.717, 1.165) is 6.42 Å². The molecule has 19 heavy (non-hydrogen) atoms. The van der Waals surface area contributed by atoms with Gasteiger partial charge in [0.15, 0.2) is 6.10 Å². The Morgan fingerprint density at radius 1 is 1.58 bits per heavy atom. The number of hydrogen-bond acceptors (Lipinski definition) is 2. The van der Waals surface area contributed by atoms with Gasteiger partial charge >= 0.3 is 0 Å². The summed E-state index contributed by atoms with van der Waals surface area (Å²) >= 11 is 5.87. The third-order valence-corrected chi connectivity index (χ3v) is 2.78. The van der Waals surface area contributed by atoms with Crippen molar-refractivity contribution in [2.24, 2.45) is 0 Å². The highest BCUT2D eigenvalue weighted by Gasteiger charge is 2.20. The van der Waals surface area contributed by atoms with Crippen LogP contribution in [0.25, 0.3) is 0 Å². The third kappa shape index (κ3) is 4.84. The number of amides is 1. The minimum Gasteiger partial charge on any atom is -0.481 e. The molecule has 0 aliphatic heterocycles. The molecule has 1 rings (SSSR count). The molecule has 0 heterocycles. The second kappa shape index (κ2) is 7.70. The van der Waals surface area contributed by atoms with Crippen molar-refractivity contribution in [2.75, 3.05) is 13.1 Å². The van der Waals surface area contributed by atoms with Gasteiger partial charge in [0.2, 0.25) is 0 Å². The quantitative estimate of drug-likeness (QED) is 0.749. The Hall–Kier alpha value is -1.66. The van der Waals surface area contributed by atoms with E-state index in [9.17, 15) is 4.79 Å². The Bertz CT molecular complexity index is 467. The number of hydrogen-bond donors (Lipinski definition) is 0. The van der Waals surface area contributed by atoms with E-state index in [0.29, 0.717) is 23.9 Å². The zero-order valence-electron chi connectivity index (χ0n) is 11.2. The van der Waals surface area contributed by atoms with Gasteiger partial charge in [-0.25, -0.2) is 0 Å². The Labute approximate surface area is 119 Å². The minimum absolute atomic E-state index is 0.111. The number of ether oxygens (including phenoxy) is 1. The normalized spacial score (nSPS) is 11.5. The van der Waals surface area contributed by atoms with Gasteiger partial charge in [0.1, 0.15) is 5.75 Å². The van der Waals surface area contributed by atoms with Crippen LogP contribution in [0.2, 0.25) is 5.02 Å². The molecule has 0 aliphatic rings. The fraction of sp³-hybridized carbons (Fsp3) is 0.400. The van der Waals surface area contributed by atoms with Crippen molar-refractivity contribution in [1.29, 1.82) is 0 Å². The van der Waals surface area contributed by atoms with Crippen LogP contribution in [0.4, 0.5) is 0 Å². The highest BCUT2D eigenvalue weighted by Crippen LogP contribution is 2.18. The first kappa shape index (κ1) is 15.4. The van der Waals surface area contributed by atoms with Crippen LogP contribution in [0.1, 0.15) is 20.3 Å². The van der Waals surface area contributed by atoms with Crippen molar-refractivity contribution in [1.82, 2.24) is 4.90 Å². The molecule has 4 heteroatoms. The predicted molar refractivity (Wildman–Crippen MR) is 77.2 cm³/mol. The second-order valence-electron chi connectivity index (χ2n) is 4.18. The van der Waals surface area contributed by atoms with Crippen LogP contribution >= 0.6 is 11.6 Å². The summed E-state index contributed by atoms with van der Waals surface area (Å²) in [6.45, 7) is 4.64. The zero-order valence-corrected chi connectivity index (χ0v) is 12.0. The van der Waals surface area contributed by atoms with Gasteiger partial charge in [-0.3, -0.25) is 4.79 Å². The SMILES string of the molecule is C#CCN(CCC)C(=O)C(C)Oc1cccc(Cl)c1. The van der Waals surface area contributed by atoms with Crippen molar-refractivity contribution in [2.45, 2.75) is 26.4 Å². The number of nitrogens with zero attached hydrogens (tertiary/aromatic N) is 1. The zero-order chi connectivity index (χ0) is 14.3. The van der Waals surface area contributed by atoms with E-state index in [2.05, 4.69) is 5.92 Å². The Morgan fingerprint density at radius 2 is 2.32 bits per heavy atom. The van der Waals surface area contributed by atoms with E-state index < -0.39 is 6.10 Å². The number of carbonyl (C=O) groups excluding carboxylic acids is 1. The molecule has 0 saturated heterocycles. The molecule has 1 atom stereocenters. The summed E-state index contributed by atoms with van der Waals surface area (Å²) in [5, 5.41) is 0.575. The van der Waals surface area contributed by atoms with Gasteiger partial charge in [-0.15, -0.1) is 6.42 Å². The first-order valence-corrected chi connectivity index (χ1v) is 6.60. The molecule has 1 amide bonds. The van der Waals surface area contributed by atoms with Crippen LogP contribution in [-0.2, 0) is 4.79 Å². The lowest BCUT2D eigenvalue weighted by Crippen LogP contribution is -2.41. The standard InChI is InChI=1S/C15H18ClNO2/c1-4-9-17(10-5-2)15(18)12(3)19-14-8-6-7-13(16)11-14/h1,6-8,11-12H,5,9-10H2,2-3H3. The van der Waals surface area contributed by atoms with Crippen molar-refractivity contribution >= 4 is 17.5 Å². The van der Waals surface area contributed by atoms with Gasteiger partial charge in [0, 0.05) is 11.6 Å². The Kier molecular flexibility index (Phi) is 6.24. The molecule has 102 valence electrons. The van der Waals surface area contributed by atoms with Gasteiger partial charge in [-0.05, 0) is 31.5 Å². The van der Waals surface area contributed by atoms with E-state index in [-0.39, 0.29) is 5.91 Å². The molecule has 0 bridgehead atoms.